The summed E-state index contributed by atoms with van der Waals surface area (Å²) in [4.78, 5) is 13.0. The van der Waals surface area contributed by atoms with Gasteiger partial charge in [-0.1, -0.05) is 0 Å². The summed E-state index contributed by atoms with van der Waals surface area (Å²) < 4.78 is 4.39. The molecule has 0 bridgehead atoms. The lowest BCUT2D eigenvalue weighted by Gasteiger charge is -2.12. The van der Waals surface area contributed by atoms with E-state index in [2.05, 4.69) is 9.64 Å². The van der Waals surface area contributed by atoms with Crippen molar-refractivity contribution in [1.29, 1.82) is 0 Å². The molecule has 1 fully saturated rings. The molecule has 0 aromatic rings. The Morgan fingerprint density at radius 1 is 1.42 bits per heavy atom. The van der Waals surface area contributed by atoms with Gasteiger partial charge in [0.05, 0.1) is 6.42 Å². The van der Waals surface area contributed by atoms with Gasteiger partial charge < -0.3 is 14.7 Å². The number of likely N-dealkylation sites (tertiary alicyclic amines) is 1. The van der Waals surface area contributed by atoms with Crippen molar-refractivity contribution in [2.75, 3.05) is 26.4 Å². The van der Waals surface area contributed by atoms with Crippen LogP contribution in [0, 0.1) is 0 Å². The van der Waals surface area contributed by atoms with Crippen LogP contribution in [-0.4, -0.2) is 42.4 Å². The number of aliphatic hydroxyl groups is 1. The lowest BCUT2D eigenvalue weighted by atomic mass is 10.4. The molecule has 0 aromatic heterocycles. The molecule has 0 aliphatic carbocycles. The average molecular weight is 173 g/mol. The molecule has 12 heavy (non-hydrogen) atoms. The van der Waals surface area contributed by atoms with E-state index in [1.54, 1.807) is 0 Å². The Morgan fingerprint density at radius 3 is 2.67 bits per heavy atom. The van der Waals surface area contributed by atoms with Crippen LogP contribution in [-0.2, 0) is 9.53 Å². The Balaban J connectivity index is 2.03. The molecule has 1 N–H and O–H groups in total. The highest BCUT2D eigenvalue weighted by Crippen LogP contribution is 2.07. The van der Waals surface area contributed by atoms with Crippen LogP contribution in [0.5, 0.6) is 0 Å². The molecule has 0 saturated carbocycles. The van der Waals surface area contributed by atoms with E-state index in [9.17, 15) is 4.79 Å². The molecule has 0 aromatic carbocycles. The minimum absolute atomic E-state index is 0.315. The number of hydrogen-bond donors (Lipinski definition) is 1. The summed E-state index contributed by atoms with van der Waals surface area (Å²) >= 11 is 0. The van der Waals surface area contributed by atoms with Crippen LogP contribution in [0.3, 0.4) is 0 Å². The van der Waals surface area contributed by atoms with E-state index in [0.717, 1.165) is 19.6 Å². The van der Waals surface area contributed by atoms with Crippen molar-refractivity contribution >= 4 is 5.97 Å². The lowest BCUT2D eigenvalue weighted by molar-refractivity contribution is -0.152. The first-order chi connectivity index (χ1) is 5.83. The zero-order valence-corrected chi connectivity index (χ0v) is 7.16. The van der Waals surface area contributed by atoms with Crippen LogP contribution in [0.25, 0.3) is 0 Å². The van der Waals surface area contributed by atoms with Crippen molar-refractivity contribution in [1.82, 2.24) is 4.90 Å². The first-order valence-corrected chi connectivity index (χ1v) is 4.32. The monoisotopic (exact) mass is 173 g/mol. The van der Waals surface area contributed by atoms with Gasteiger partial charge in [0.1, 0.15) is 0 Å². The van der Waals surface area contributed by atoms with Crippen LogP contribution in [0.2, 0.25) is 0 Å². The Labute approximate surface area is 72.1 Å². The van der Waals surface area contributed by atoms with Crippen molar-refractivity contribution in [3.8, 4) is 0 Å². The van der Waals surface area contributed by atoms with E-state index in [-0.39, 0.29) is 5.97 Å². The van der Waals surface area contributed by atoms with Gasteiger partial charge in [0.15, 0.2) is 6.79 Å². The van der Waals surface area contributed by atoms with Gasteiger partial charge >= 0.3 is 5.97 Å². The number of carbonyl (C=O) groups is 1. The van der Waals surface area contributed by atoms with E-state index in [1.165, 1.54) is 12.8 Å². The fourth-order valence-corrected chi connectivity index (χ4v) is 1.40. The maximum absolute atomic E-state index is 10.8. The molecule has 0 radical (unpaired) electrons. The highest BCUT2D eigenvalue weighted by atomic mass is 16.6. The van der Waals surface area contributed by atoms with Gasteiger partial charge in [0, 0.05) is 6.54 Å². The SMILES string of the molecule is O=C(CCN1CCCC1)OCO. The summed E-state index contributed by atoms with van der Waals surface area (Å²) in [7, 11) is 0. The number of aliphatic hydroxyl groups excluding tert-OH is 1. The molecule has 1 saturated heterocycles. The Morgan fingerprint density at radius 2 is 2.08 bits per heavy atom. The van der Waals surface area contributed by atoms with Crippen LogP contribution in [0.1, 0.15) is 19.3 Å². The zero-order valence-electron chi connectivity index (χ0n) is 7.16. The molecule has 4 heteroatoms. The van der Waals surface area contributed by atoms with Crippen molar-refractivity contribution in [2.24, 2.45) is 0 Å². The average Bonchev–Trinajstić information content (AvgIpc) is 2.53. The fourth-order valence-electron chi connectivity index (χ4n) is 1.40. The molecule has 70 valence electrons. The summed E-state index contributed by atoms with van der Waals surface area (Å²) in [5.74, 6) is -0.315. The molecule has 0 atom stereocenters. The van der Waals surface area contributed by atoms with Gasteiger partial charge in [-0.25, -0.2) is 0 Å². The number of carbonyl (C=O) groups excluding carboxylic acids is 1. The second-order valence-electron chi connectivity index (χ2n) is 2.94. The van der Waals surface area contributed by atoms with Crippen molar-refractivity contribution < 1.29 is 14.6 Å². The van der Waals surface area contributed by atoms with Gasteiger partial charge in [-0.15, -0.1) is 0 Å². The zero-order chi connectivity index (χ0) is 8.81. The number of ether oxygens (including phenoxy) is 1. The molecule has 1 rings (SSSR count). The number of rotatable bonds is 4. The second-order valence-corrected chi connectivity index (χ2v) is 2.94. The number of esters is 1. The van der Waals surface area contributed by atoms with Crippen LogP contribution >= 0.6 is 0 Å². The van der Waals surface area contributed by atoms with Gasteiger partial charge in [-0.2, -0.15) is 0 Å². The highest BCUT2D eigenvalue weighted by Gasteiger charge is 2.12. The second kappa shape index (κ2) is 5.11. The lowest BCUT2D eigenvalue weighted by Crippen LogP contribution is -2.23. The van der Waals surface area contributed by atoms with Gasteiger partial charge in [-0.05, 0) is 25.9 Å². The van der Waals surface area contributed by atoms with Crippen LogP contribution in [0.15, 0.2) is 0 Å². The Hall–Kier alpha value is -0.610. The quantitative estimate of drug-likeness (QED) is 0.479. The maximum atomic E-state index is 10.8. The largest absolute Gasteiger partial charge is 0.439 e. The molecule has 4 nitrogen and oxygen atoms in total. The van der Waals surface area contributed by atoms with Crippen molar-refractivity contribution in [3.05, 3.63) is 0 Å². The summed E-state index contributed by atoms with van der Waals surface area (Å²) in [6, 6.07) is 0. The topological polar surface area (TPSA) is 49.8 Å². The van der Waals surface area contributed by atoms with Crippen molar-refractivity contribution in [3.63, 3.8) is 0 Å². The fraction of sp³-hybridized carbons (Fsp3) is 0.875. The predicted octanol–water partition coefficient (Wildman–Crippen LogP) is -0.0347. The molecule has 1 aliphatic heterocycles. The van der Waals surface area contributed by atoms with Gasteiger partial charge in [0.25, 0.3) is 0 Å². The summed E-state index contributed by atoms with van der Waals surface area (Å²) in [5, 5.41) is 8.27. The molecule has 0 spiro atoms. The normalized spacial score (nSPS) is 18.1. The third-order valence-corrected chi connectivity index (χ3v) is 2.06. The first kappa shape index (κ1) is 9.48. The van der Waals surface area contributed by atoms with E-state index in [1.807, 2.05) is 0 Å². The van der Waals surface area contributed by atoms with E-state index >= 15 is 0 Å². The molecular formula is C8H15NO3. The third kappa shape index (κ3) is 3.19. The smallest absolute Gasteiger partial charge is 0.309 e. The standard InChI is InChI=1S/C8H15NO3/c10-7-12-8(11)3-6-9-4-1-2-5-9/h10H,1-7H2. The number of nitrogens with zero attached hydrogens (tertiary/aromatic N) is 1. The third-order valence-electron chi connectivity index (χ3n) is 2.06. The Kier molecular flexibility index (Phi) is 4.04. The van der Waals surface area contributed by atoms with Crippen LogP contribution < -0.4 is 0 Å². The Bertz CT molecular complexity index is 143. The first-order valence-electron chi connectivity index (χ1n) is 4.32. The molecule has 0 amide bonds. The van der Waals surface area contributed by atoms with Gasteiger partial charge in [0.2, 0.25) is 0 Å². The minimum atomic E-state index is -0.501. The van der Waals surface area contributed by atoms with E-state index in [4.69, 9.17) is 5.11 Å². The van der Waals surface area contributed by atoms with E-state index in [0.29, 0.717) is 6.42 Å². The maximum Gasteiger partial charge on any atom is 0.309 e. The molecule has 0 unspecified atom stereocenters. The van der Waals surface area contributed by atoms with Gasteiger partial charge in [-0.3, -0.25) is 4.79 Å². The highest BCUT2D eigenvalue weighted by molar-refractivity contribution is 5.69. The molecular weight excluding hydrogens is 158 g/mol. The molecule has 1 aliphatic rings. The molecule has 1 heterocycles. The summed E-state index contributed by atoms with van der Waals surface area (Å²) in [6.45, 7) is 2.44. The van der Waals surface area contributed by atoms with E-state index < -0.39 is 6.79 Å². The summed E-state index contributed by atoms with van der Waals surface area (Å²) in [6.07, 6.45) is 2.85. The number of hydrogen-bond acceptors (Lipinski definition) is 4. The van der Waals surface area contributed by atoms with Crippen molar-refractivity contribution in [2.45, 2.75) is 19.3 Å². The summed E-state index contributed by atoms with van der Waals surface area (Å²) in [5.41, 5.74) is 0. The van der Waals surface area contributed by atoms with Crippen LogP contribution in [0.4, 0.5) is 0 Å². The predicted molar refractivity (Wildman–Crippen MR) is 43.5 cm³/mol. The minimum Gasteiger partial charge on any atom is -0.439 e.